The molecule has 6 heteroatoms. The van der Waals surface area contributed by atoms with Crippen molar-refractivity contribution in [2.45, 2.75) is 18.9 Å². The fourth-order valence-corrected chi connectivity index (χ4v) is 4.33. The van der Waals surface area contributed by atoms with E-state index in [-0.39, 0.29) is 11.9 Å². The standard InChI is InChI=1S/C20H22N4O2/c25-20(21-18-12-24-7-3-14(18)4-8-24)19-16-2-1-15(11-17(16)22-23-19)13-5-9-26-10-6-13/h1-2,5-6,9,11,14,18H,3-4,7-8,10,12H2,(H,21,25)(H,22,23)/t18-/m0/s1. The first-order chi connectivity index (χ1) is 12.8. The largest absolute Gasteiger partial charge is 0.497 e. The van der Waals surface area contributed by atoms with Crippen molar-refractivity contribution in [2.24, 2.45) is 5.92 Å². The lowest BCUT2D eigenvalue weighted by Crippen LogP contribution is -2.57. The Morgan fingerprint density at radius 1 is 1.31 bits per heavy atom. The fraction of sp³-hybridized carbons (Fsp3) is 0.400. The summed E-state index contributed by atoms with van der Waals surface area (Å²) in [5.74, 6) is 0.529. The molecule has 134 valence electrons. The van der Waals surface area contributed by atoms with Crippen molar-refractivity contribution in [1.82, 2.24) is 20.4 Å². The second kappa shape index (κ2) is 6.29. The number of benzene rings is 1. The van der Waals surface area contributed by atoms with Crippen molar-refractivity contribution in [1.29, 1.82) is 0 Å². The van der Waals surface area contributed by atoms with E-state index in [2.05, 4.69) is 20.4 Å². The number of carbonyl (C=O) groups is 1. The van der Waals surface area contributed by atoms with Gasteiger partial charge in [-0.15, -0.1) is 0 Å². The molecule has 0 radical (unpaired) electrons. The summed E-state index contributed by atoms with van der Waals surface area (Å²) in [5.41, 5.74) is 3.57. The van der Waals surface area contributed by atoms with Crippen molar-refractivity contribution in [3.8, 4) is 0 Å². The number of allylic oxidation sites excluding steroid dienone is 2. The Morgan fingerprint density at radius 3 is 2.92 bits per heavy atom. The van der Waals surface area contributed by atoms with Gasteiger partial charge in [0.05, 0.1) is 11.8 Å². The molecular weight excluding hydrogens is 328 g/mol. The zero-order chi connectivity index (χ0) is 17.5. The molecule has 1 aromatic heterocycles. The molecule has 3 saturated heterocycles. The van der Waals surface area contributed by atoms with Crippen LogP contribution in [0.25, 0.3) is 16.5 Å². The predicted molar refractivity (Wildman–Crippen MR) is 99.6 cm³/mol. The number of fused-ring (bicyclic) bond motifs is 4. The van der Waals surface area contributed by atoms with Crippen molar-refractivity contribution in [3.63, 3.8) is 0 Å². The highest BCUT2D eigenvalue weighted by molar-refractivity contribution is 6.05. The molecule has 4 aliphatic rings. The maximum Gasteiger partial charge on any atom is 0.272 e. The maximum atomic E-state index is 12.8. The van der Waals surface area contributed by atoms with E-state index in [9.17, 15) is 4.79 Å². The summed E-state index contributed by atoms with van der Waals surface area (Å²) in [7, 11) is 0. The Labute approximate surface area is 151 Å². The highest BCUT2D eigenvalue weighted by Gasteiger charge is 2.35. The van der Waals surface area contributed by atoms with Crippen molar-refractivity contribution < 1.29 is 9.53 Å². The van der Waals surface area contributed by atoms with Gasteiger partial charge in [-0.3, -0.25) is 9.89 Å². The van der Waals surface area contributed by atoms with E-state index in [0.717, 1.165) is 28.6 Å². The van der Waals surface area contributed by atoms with Crippen LogP contribution in [0.5, 0.6) is 0 Å². The average Bonchev–Trinajstić information content (AvgIpc) is 3.13. The Bertz CT molecular complexity index is 906. The van der Waals surface area contributed by atoms with Crippen LogP contribution in [0.4, 0.5) is 0 Å². The number of hydrogen-bond acceptors (Lipinski definition) is 4. The van der Waals surface area contributed by atoms with Crippen LogP contribution in [0.2, 0.25) is 0 Å². The first-order valence-electron chi connectivity index (χ1n) is 9.28. The lowest BCUT2D eigenvalue weighted by Gasteiger charge is -2.44. The van der Waals surface area contributed by atoms with Gasteiger partial charge < -0.3 is 15.0 Å². The minimum atomic E-state index is -0.0760. The maximum absolute atomic E-state index is 12.8. The molecule has 0 spiro atoms. The first-order valence-corrected chi connectivity index (χ1v) is 9.28. The minimum absolute atomic E-state index is 0.0760. The predicted octanol–water partition coefficient (Wildman–Crippen LogP) is 2.31. The molecule has 1 amide bonds. The second-order valence-corrected chi connectivity index (χ2v) is 7.35. The number of H-pyrrole nitrogens is 1. The van der Waals surface area contributed by atoms with Crippen LogP contribution in [-0.2, 0) is 4.74 Å². The minimum Gasteiger partial charge on any atom is -0.497 e. The Morgan fingerprint density at radius 2 is 2.19 bits per heavy atom. The molecule has 2 N–H and O–H groups in total. The normalized spacial score (nSPS) is 27.2. The van der Waals surface area contributed by atoms with Gasteiger partial charge in [0.25, 0.3) is 5.91 Å². The molecule has 0 aliphatic carbocycles. The van der Waals surface area contributed by atoms with E-state index in [1.165, 1.54) is 25.9 Å². The average molecular weight is 350 g/mol. The van der Waals surface area contributed by atoms with Crippen molar-refractivity contribution in [2.75, 3.05) is 26.2 Å². The Hall–Kier alpha value is -2.60. The summed E-state index contributed by atoms with van der Waals surface area (Å²) in [6.45, 7) is 3.88. The number of nitrogens with zero attached hydrogens (tertiary/aromatic N) is 2. The molecule has 2 bridgehead atoms. The van der Waals surface area contributed by atoms with E-state index in [0.29, 0.717) is 18.2 Å². The van der Waals surface area contributed by atoms with Crippen molar-refractivity contribution >= 4 is 22.4 Å². The Kier molecular flexibility index (Phi) is 3.78. The van der Waals surface area contributed by atoms with Crippen LogP contribution in [0.1, 0.15) is 28.9 Å². The molecule has 3 fully saturated rings. The molecule has 0 saturated carbocycles. The third kappa shape index (κ3) is 2.70. The van der Waals surface area contributed by atoms with Gasteiger partial charge in [-0.1, -0.05) is 6.07 Å². The zero-order valence-corrected chi connectivity index (χ0v) is 14.6. The number of ether oxygens (including phenoxy) is 1. The first kappa shape index (κ1) is 15.6. The third-order valence-corrected chi connectivity index (χ3v) is 5.83. The number of carbonyl (C=O) groups excluding carboxylic acids is 1. The number of piperidine rings is 3. The van der Waals surface area contributed by atoms with Crippen LogP contribution in [-0.4, -0.2) is 53.3 Å². The molecule has 6 nitrogen and oxygen atoms in total. The molecular formula is C20H22N4O2. The SMILES string of the molecule is O=C(N[C@H]1CN2CCC1CC2)c1n[nH]c2cc(C3=CCOC=C3)ccc12. The van der Waals surface area contributed by atoms with Crippen LogP contribution in [0.3, 0.4) is 0 Å². The number of rotatable bonds is 3. The van der Waals surface area contributed by atoms with Crippen LogP contribution in [0.15, 0.2) is 36.6 Å². The highest BCUT2D eigenvalue weighted by Crippen LogP contribution is 2.28. The summed E-state index contributed by atoms with van der Waals surface area (Å²) in [4.78, 5) is 15.2. The molecule has 4 aliphatic heterocycles. The number of aromatic nitrogens is 2. The lowest BCUT2D eigenvalue weighted by atomic mass is 9.84. The van der Waals surface area contributed by atoms with E-state index >= 15 is 0 Å². The highest BCUT2D eigenvalue weighted by atomic mass is 16.5. The van der Waals surface area contributed by atoms with Gasteiger partial charge >= 0.3 is 0 Å². The van der Waals surface area contributed by atoms with E-state index in [1.807, 2.05) is 30.4 Å². The molecule has 5 heterocycles. The van der Waals surface area contributed by atoms with E-state index < -0.39 is 0 Å². The fourth-order valence-electron chi connectivity index (χ4n) is 4.33. The van der Waals surface area contributed by atoms with Gasteiger partial charge in [0.2, 0.25) is 0 Å². The summed E-state index contributed by atoms with van der Waals surface area (Å²) < 4.78 is 5.20. The van der Waals surface area contributed by atoms with Crippen LogP contribution < -0.4 is 5.32 Å². The van der Waals surface area contributed by atoms with Crippen LogP contribution in [0, 0.1) is 5.92 Å². The monoisotopic (exact) mass is 350 g/mol. The van der Waals surface area contributed by atoms with Gasteiger partial charge in [-0.2, -0.15) is 5.10 Å². The summed E-state index contributed by atoms with van der Waals surface area (Å²) in [6.07, 6.45) is 8.06. The number of hydrogen-bond donors (Lipinski definition) is 2. The summed E-state index contributed by atoms with van der Waals surface area (Å²) in [6, 6.07) is 6.29. The van der Waals surface area contributed by atoms with E-state index in [1.54, 1.807) is 6.26 Å². The smallest absolute Gasteiger partial charge is 0.272 e. The van der Waals surface area contributed by atoms with Crippen LogP contribution >= 0.6 is 0 Å². The topological polar surface area (TPSA) is 70.2 Å². The van der Waals surface area contributed by atoms with Gasteiger partial charge in [0.15, 0.2) is 5.69 Å². The van der Waals surface area contributed by atoms with Gasteiger partial charge in [0.1, 0.15) is 6.61 Å². The van der Waals surface area contributed by atoms with Gasteiger partial charge in [-0.25, -0.2) is 0 Å². The molecule has 6 rings (SSSR count). The van der Waals surface area contributed by atoms with Gasteiger partial charge in [-0.05, 0) is 67.3 Å². The number of nitrogens with one attached hydrogen (secondary N) is 2. The van der Waals surface area contributed by atoms with Gasteiger partial charge in [0, 0.05) is 18.0 Å². The Balaban J connectivity index is 1.38. The summed E-state index contributed by atoms with van der Waals surface area (Å²) >= 11 is 0. The molecule has 1 aromatic carbocycles. The number of aromatic amines is 1. The molecule has 26 heavy (non-hydrogen) atoms. The number of amides is 1. The molecule has 0 unspecified atom stereocenters. The second-order valence-electron chi connectivity index (χ2n) is 7.35. The summed E-state index contributed by atoms with van der Waals surface area (Å²) in [5, 5.41) is 11.4. The third-order valence-electron chi connectivity index (χ3n) is 5.83. The van der Waals surface area contributed by atoms with E-state index in [4.69, 9.17) is 4.74 Å². The quantitative estimate of drug-likeness (QED) is 0.891. The molecule has 1 atom stereocenters. The zero-order valence-electron chi connectivity index (χ0n) is 14.6. The lowest BCUT2D eigenvalue weighted by molar-refractivity contribution is 0.0618. The molecule has 2 aromatic rings. The van der Waals surface area contributed by atoms with Crippen molar-refractivity contribution in [3.05, 3.63) is 47.9 Å².